The van der Waals surface area contributed by atoms with Crippen LogP contribution in [0.5, 0.6) is 0 Å². The first-order valence-corrected chi connectivity index (χ1v) is 11.7. The molecule has 0 bridgehead atoms. The van der Waals surface area contributed by atoms with Gasteiger partial charge in [0.15, 0.2) is 0 Å². The van der Waals surface area contributed by atoms with Crippen LogP contribution in [0.15, 0.2) is 6.07 Å². The van der Waals surface area contributed by atoms with Crippen molar-refractivity contribution in [3.8, 4) is 0 Å². The number of piperidine rings is 1. The second-order valence-corrected chi connectivity index (χ2v) is 9.10. The molecule has 1 atom stereocenters. The Bertz CT molecular complexity index is 787. The van der Waals surface area contributed by atoms with E-state index >= 15 is 0 Å². The summed E-state index contributed by atoms with van der Waals surface area (Å²) in [5.74, 6) is 2.73. The second kappa shape index (κ2) is 9.94. The van der Waals surface area contributed by atoms with Gasteiger partial charge in [0.1, 0.15) is 11.6 Å². The van der Waals surface area contributed by atoms with Crippen molar-refractivity contribution in [1.82, 2.24) is 19.8 Å². The highest BCUT2D eigenvalue weighted by molar-refractivity contribution is 5.80. The molecular formula is C23H35N5O3. The third kappa shape index (κ3) is 5.00. The van der Waals surface area contributed by atoms with Crippen LogP contribution in [0.1, 0.15) is 68.3 Å². The van der Waals surface area contributed by atoms with Gasteiger partial charge in [-0.3, -0.25) is 9.59 Å². The molecule has 8 heteroatoms. The fourth-order valence-corrected chi connectivity index (χ4v) is 5.18. The largest absolute Gasteiger partial charge is 0.383 e. The van der Waals surface area contributed by atoms with Gasteiger partial charge in [-0.15, -0.1) is 0 Å². The number of likely N-dealkylation sites (tertiary alicyclic amines) is 2. The van der Waals surface area contributed by atoms with Gasteiger partial charge in [-0.1, -0.05) is 12.8 Å². The average Bonchev–Trinajstić information content (AvgIpc) is 3.47. The highest BCUT2D eigenvalue weighted by Crippen LogP contribution is 2.33. The van der Waals surface area contributed by atoms with E-state index in [-0.39, 0.29) is 23.7 Å². The fourth-order valence-electron chi connectivity index (χ4n) is 5.18. The summed E-state index contributed by atoms with van der Waals surface area (Å²) < 4.78 is 5.13. The number of aromatic nitrogens is 2. The number of hydrogen-bond acceptors (Lipinski definition) is 6. The molecule has 3 fully saturated rings. The fraction of sp³-hybridized carbons (Fsp3) is 0.739. The molecule has 1 N–H and O–H groups in total. The van der Waals surface area contributed by atoms with Crippen LogP contribution in [-0.4, -0.2) is 78.5 Å². The van der Waals surface area contributed by atoms with E-state index < -0.39 is 0 Å². The van der Waals surface area contributed by atoms with Crippen LogP contribution in [0, 0.1) is 5.92 Å². The summed E-state index contributed by atoms with van der Waals surface area (Å²) >= 11 is 0. The normalized spacial score (nSPS) is 23.0. The molecule has 8 nitrogen and oxygen atoms in total. The zero-order valence-corrected chi connectivity index (χ0v) is 18.8. The van der Waals surface area contributed by atoms with Crippen LogP contribution in [0.3, 0.4) is 0 Å². The summed E-state index contributed by atoms with van der Waals surface area (Å²) in [6.45, 7) is 3.42. The quantitative estimate of drug-likeness (QED) is 0.716. The van der Waals surface area contributed by atoms with Crippen molar-refractivity contribution in [2.75, 3.05) is 52.3 Å². The molecule has 1 saturated carbocycles. The maximum absolute atomic E-state index is 12.7. The van der Waals surface area contributed by atoms with Crippen LogP contribution in [0.25, 0.3) is 0 Å². The molecule has 0 spiro atoms. The summed E-state index contributed by atoms with van der Waals surface area (Å²) in [6, 6.07) is 1.97. The molecule has 0 radical (unpaired) electrons. The third-order valence-electron chi connectivity index (χ3n) is 7.09. The minimum Gasteiger partial charge on any atom is -0.383 e. The van der Waals surface area contributed by atoms with Crippen LogP contribution in [0.2, 0.25) is 0 Å². The Balaban J connectivity index is 1.42. The van der Waals surface area contributed by atoms with Crippen LogP contribution < -0.4 is 5.32 Å². The number of nitrogens with one attached hydrogen (secondary N) is 1. The Kier molecular flexibility index (Phi) is 7.05. The van der Waals surface area contributed by atoms with Crippen molar-refractivity contribution in [1.29, 1.82) is 0 Å². The van der Waals surface area contributed by atoms with E-state index in [1.807, 2.05) is 18.0 Å². The molecule has 1 aromatic heterocycles. The lowest BCUT2D eigenvalue weighted by Crippen LogP contribution is -2.41. The summed E-state index contributed by atoms with van der Waals surface area (Å²) in [5, 5.41) is 3.16. The zero-order valence-electron chi connectivity index (χ0n) is 18.8. The summed E-state index contributed by atoms with van der Waals surface area (Å²) in [4.78, 5) is 38.7. The SMILES string of the molecule is CNc1cc(C2CC(=O)N(CCOC)C2)nc(C2CCN(C(=O)C3CCCC3)CC2)n1. The lowest BCUT2D eigenvalue weighted by atomic mass is 9.94. The molecule has 1 unspecified atom stereocenters. The van der Waals surface area contributed by atoms with E-state index in [0.29, 0.717) is 32.0 Å². The van der Waals surface area contributed by atoms with E-state index in [4.69, 9.17) is 14.7 Å². The van der Waals surface area contributed by atoms with Gasteiger partial charge >= 0.3 is 0 Å². The summed E-state index contributed by atoms with van der Waals surface area (Å²) in [5.41, 5.74) is 0.937. The van der Waals surface area contributed by atoms with Crippen molar-refractivity contribution in [3.63, 3.8) is 0 Å². The number of hydrogen-bond donors (Lipinski definition) is 1. The molecule has 1 aromatic rings. The molecule has 2 saturated heterocycles. The molecular weight excluding hydrogens is 394 g/mol. The van der Waals surface area contributed by atoms with Crippen molar-refractivity contribution in [3.05, 3.63) is 17.6 Å². The lowest BCUT2D eigenvalue weighted by molar-refractivity contribution is -0.136. The Morgan fingerprint density at radius 3 is 2.58 bits per heavy atom. The van der Waals surface area contributed by atoms with Crippen molar-refractivity contribution in [2.24, 2.45) is 5.92 Å². The number of ether oxygens (including phenoxy) is 1. The van der Waals surface area contributed by atoms with E-state index in [1.165, 1.54) is 12.8 Å². The predicted octanol–water partition coefficient (Wildman–Crippen LogP) is 2.38. The number of rotatable bonds is 7. The Morgan fingerprint density at radius 1 is 1.16 bits per heavy atom. The number of carbonyl (C=O) groups is 2. The lowest BCUT2D eigenvalue weighted by Gasteiger charge is -2.33. The van der Waals surface area contributed by atoms with Gasteiger partial charge in [-0.05, 0) is 25.7 Å². The maximum atomic E-state index is 12.7. The van der Waals surface area contributed by atoms with E-state index in [1.54, 1.807) is 7.11 Å². The molecule has 0 aromatic carbocycles. The molecule has 1 aliphatic carbocycles. The van der Waals surface area contributed by atoms with E-state index in [2.05, 4.69) is 10.2 Å². The van der Waals surface area contributed by atoms with Crippen molar-refractivity contribution < 1.29 is 14.3 Å². The molecule has 3 heterocycles. The number of carbonyl (C=O) groups excluding carboxylic acids is 2. The monoisotopic (exact) mass is 429 g/mol. The van der Waals surface area contributed by atoms with Crippen LogP contribution >= 0.6 is 0 Å². The first kappa shape index (κ1) is 22.0. The first-order chi connectivity index (χ1) is 15.1. The number of amides is 2. The highest BCUT2D eigenvalue weighted by atomic mass is 16.5. The zero-order chi connectivity index (χ0) is 21.8. The second-order valence-electron chi connectivity index (χ2n) is 9.10. The summed E-state index contributed by atoms with van der Waals surface area (Å²) in [7, 11) is 3.52. The average molecular weight is 430 g/mol. The Labute approximate surface area is 184 Å². The maximum Gasteiger partial charge on any atom is 0.225 e. The van der Waals surface area contributed by atoms with Gasteiger partial charge < -0.3 is 19.9 Å². The Morgan fingerprint density at radius 2 is 1.90 bits per heavy atom. The molecule has 3 aliphatic rings. The molecule has 170 valence electrons. The third-order valence-corrected chi connectivity index (χ3v) is 7.09. The van der Waals surface area contributed by atoms with Gasteiger partial charge in [-0.25, -0.2) is 9.97 Å². The minimum atomic E-state index is 0.0854. The van der Waals surface area contributed by atoms with Gasteiger partial charge in [-0.2, -0.15) is 0 Å². The minimum absolute atomic E-state index is 0.0854. The molecule has 2 amide bonds. The highest BCUT2D eigenvalue weighted by Gasteiger charge is 2.34. The predicted molar refractivity (Wildman–Crippen MR) is 118 cm³/mol. The van der Waals surface area contributed by atoms with E-state index in [0.717, 1.165) is 56.1 Å². The van der Waals surface area contributed by atoms with E-state index in [9.17, 15) is 9.59 Å². The first-order valence-electron chi connectivity index (χ1n) is 11.7. The smallest absolute Gasteiger partial charge is 0.225 e. The van der Waals surface area contributed by atoms with Gasteiger partial charge in [0.2, 0.25) is 11.8 Å². The van der Waals surface area contributed by atoms with Crippen LogP contribution in [-0.2, 0) is 14.3 Å². The number of methoxy groups -OCH3 is 1. The van der Waals surface area contributed by atoms with Gasteiger partial charge in [0.05, 0.1) is 12.3 Å². The molecule has 31 heavy (non-hydrogen) atoms. The van der Waals surface area contributed by atoms with Gasteiger partial charge in [0.25, 0.3) is 0 Å². The standard InChI is InChI=1S/C23H35N5O3/c1-24-20-14-19(18-13-21(29)28(15-18)11-12-31-2)25-22(26-20)16-7-9-27(10-8-16)23(30)17-5-3-4-6-17/h14,16-18H,3-13,15H2,1-2H3,(H,24,25,26). The number of nitrogens with zero attached hydrogens (tertiary/aromatic N) is 4. The topological polar surface area (TPSA) is 87.7 Å². The van der Waals surface area contributed by atoms with Gasteiger partial charge in [0, 0.05) is 70.6 Å². The van der Waals surface area contributed by atoms with Crippen LogP contribution in [0.4, 0.5) is 5.82 Å². The summed E-state index contributed by atoms with van der Waals surface area (Å²) in [6.07, 6.45) is 6.76. The van der Waals surface area contributed by atoms with Crippen molar-refractivity contribution >= 4 is 17.6 Å². The molecule has 2 aliphatic heterocycles. The number of anilines is 1. The molecule has 4 rings (SSSR count). The Hall–Kier alpha value is -2.22. The van der Waals surface area contributed by atoms with Crippen molar-refractivity contribution in [2.45, 2.75) is 56.8 Å².